The Morgan fingerprint density at radius 2 is 0.797 bits per heavy atom. The third kappa shape index (κ3) is 25.6. The van der Waals surface area contributed by atoms with Crippen LogP contribution in [0.1, 0.15) is 206 Å². The fourth-order valence-corrected chi connectivity index (χ4v) is 8.34. The Hall–Kier alpha value is -1.50. The Morgan fingerprint density at radius 1 is 0.438 bits per heavy atom. The van der Waals surface area contributed by atoms with Gasteiger partial charge in [-0.05, 0) is 12.8 Å². The number of carbonyl (C=O) groups is 2. The van der Waals surface area contributed by atoms with E-state index in [4.69, 9.17) is 28.4 Å². The topological polar surface area (TPSA) is 231 Å². The third-order valence-corrected chi connectivity index (χ3v) is 12.6. The van der Waals surface area contributed by atoms with Gasteiger partial charge in [-0.3, -0.25) is 9.59 Å². The maximum atomic E-state index is 12.9. The number of unbranched alkanes of at least 4 members (excludes halogenated alkanes) is 26. The summed E-state index contributed by atoms with van der Waals surface area (Å²) in [6.07, 6.45) is 17.6. The summed E-state index contributed by atoms with van der Waals surface area (Å²) in [5.74, 6) is -0.922. The lowest BCUT2D eigenvalue weighted by Crippen LogP contribution is -2.61. The van der Waals surface area contributed by atoms with Gasteiger partial charge >= 0.3 is 11.9 Å². The normalized spacial score (nSPS) is 26.5. The minimum atomic E-state index is -1.76. The summed E-state index contributed by atoms with van der Waals surface area (Å²) in [4.78, 5) is 25.5. The Balaban J connectivity index is 1.70. The lowest BCUT2D eigenvalue weighted by Gasteiger charge is -2.42. The van der Waals surface area contributed by atoms with E-state index in [1.807, 2.05) is 0 Å². The second-order valence-corrected chi connectivity index (χ2v) is 18.4. The van der Waals surface area contributed by atoms with Crippen molar-refractivity contribution in [1.29, 1.82) is 0 Å². The van der Waals surface area contributed by atoms with Gasteiger partial charge in [0.15, 0.2) is 18.7 Å². The zero-order chi connectivity index (χ0) is 46.8. The molecule has 2 fully saturated rings. The van der Waals surface area contributed by atoms with E-state index in [9.17, 15) is 45.3 Å². The number of aliphatic hydroxyl groups excluding tert-OH is 7. The predicted octanol–water partition coefficient (Wildman–Crippen LogP) is 6.82. The van der Waals surface area contributed by atoms with Gasteiger partial charge in [-0.15, -0.1) is 0 Å². The number of carbonyl (C=O) groups excluding carboxylic acids is 2. The summed E-state index contributed by atoms with van der Waals surface area (Å²) in [5, 5.41) is 71.8. The van der Waals surface area contributed by atoms with Gasteiger partial charge in [0.1, 0.15) is 55.4 Å². The Kier molecular flexibility index (Phi) is 34.3. The Bertz CT molecular complexity index is 1130. The molecule has 0 spiro atoms. The molecule has 2 saturated heterocycles. The van der Waals surface area contributed by atoms with Crippen LogP contribution in [-0.4, -0.2) is 142 Å². The fourth-order valence-electron chi connectivity index (χ4n) is 8.34. The molecule has 0 aliphatic carbocycles. The van der Waals surface area contributed by atoms with Gasteiger partial charge in [0.25, 0.3) is 0 Å². The van der Waals surface area contributed by atoms with Crippen molar-refractivity contribution >= 4 is 11.9 Å². The quantitative estimate of drug-likeness (QED) is 0.0247. The van der Waals surface area contributed by atoms with Crippen LogP contribution in [0.3, 0.4) is 0 Å². The first-order valence-electron chi connectivity index (χ1n) is 25.6. The van der Waals surface area contributed by atoms with Crippen LogP contribution < -0.4 is 0 Å². The van der Waals surface area contributed by atoms with Gasteiger partial charge in [-0.25, -0.2) is 0 Å². The molecule has 15 nitrogen and oxygen atoms in total. The number of aliphatic hydroxyl groups is 7. The van der Waals surface area contributed by atoms with Crippen molar-refractivity contribution in [2.45, 2.75) is 274 Å². The van der Waals surface area contributed by atoms with Crippen LogP contribution in [0.4, 0.5) is 0 Å². The smallest absolute Gasteiger partial charge is 0.306 e. The van der Waals surface area contributed by atoms with Crippen molar-refractivity contribution in [3.8, 4) is 0 Å². The molecule has 64 heavy (non-hydrogen) atoms. The molecule has 2 aliphatic rings. The van der Waals surface area contributed by atoms with E-state index in [2.05, 4.69) is 13.8 Å². The first kappa shape index (κ1) is 58.6. The molecule has 2 rings (SSSR count). The molecule has 378 valence electrons. The van der Waals surface area contributed by atoms with Crippen LogP contribution in [0, 0.1) is 0 Å². The van der Waals surface area contributed by atoms with Crippen molar-refractivity contribution in [2.75, 3.05) is 26.4 Å². The zero-order valence-corrected chi connectivity index (χ0v) is 39.8. The molecule has 0 bridgehead atoms. The highest BCUT2D eigenvalue weighted by atomic mass is 16.7. The van der Waals surface area contributed by atoms with E-state index in [0.717, 1.165) is 51.4 Å². The number of esters is 2. The van der Waals surface area contributed by atoms with Crippen molar-refractivity contribution < 1.29 is 73.8 Å². The first-order valence-corrected chi connectivity index (χ1v) is 25.6. The summed E-state index contributed by atoms with van der Waals surface area (Å²) >= 11 is 0. The zero-order valence-electron chi connectivity index (χ0n) is 39.8. The Morgan fingerprint density at radius 3 is 1.22 bits per heavy atom. The Labute approximate surface area is 385 Å². The first-order chi connectivity index (χ1) is 31.0. The van der Waals surface area contributed by atoms with E-state index in [-0.39, 0.29) is 26.1 Å². The highest BCUT2D eigenvalue weighted by molar-refractivity contribution is 5.70. The number of hydrogen-bond acceptors (Lipinski definition) is 15. The molecule has 0 saturated carbocycles. The second kappa shape index (κ2) is 37.5. The molecular weight excluding hydrogens is 829 g/mol. The van der Waals surface area contributed by atoms with Gasteiger partial charge in [0.2, 0.25) is 0 Å². The summed E-state index contributed by atoms with van der Waals surface area (Å²) in [7, 11) is 0. The minimum Gasteiger partial charge on any atom is -0.462 e. The van der Waals surface area contributed by atoms with E-state index >= 15 is 0 Å². The highest BCUT2D eigenvalue weighted by Crippen LogP contribution is 2.26. The van der Waals surface area contributed by atoms with Crippen LogP contribution in [0.15, 0.2) is 0 Å². The molecular formula is C49H92O15. The van der Waals surface area contributed by atoms with E-state index < -0.39 is 92.7 Å². The van der Waals surface area contributed by atoms with Crippen molar-refractivity contribution in [1.82, 2.24) is 0 Å². The predicted molar refractivity (Wildman–Crippen MR) is 243 cm³/mol. The molecule has 0 aromatic carbocycles. The lowest BCUT2D eigenvalue weighted by atomic mass is 9.98. The average Bonchev–Trinajstić information content (AvgIpc) is 3.29. The van der Waals surface area contributed by atoms with Crippen LogP contribution >= 0.6 is 0 Å². The molecule has 0 amide bonds. The summed E-state index contributed by atoms with van der Waals surface area (Å²) in [5.41, 5.74) is 0. The number of rotatable bonds is 40. The average molecular weight is 921 g/mol. The van der Waals surface area contributed by atoms with Gasteiger partial charge in [-0.1, -0.05) is 181 Å². The van der Waals surface area contributed by atoms with Gasteiger partial charge in [0.05, 0.1) is 19.8 Å². The van der Waals surface area contributed by atoms with Crippen LogP contribution in [0.2, 0.25) is 0 Å². The van der Waals surface area contributed by atoms with E-state index in [1.165, 1.54) is 116 Å². The standard InChI is InChI=1S/C49H92O15/c1-3-5-7-9-11-12-13-14-15-16-17-18-19-20-21-22-23-24-25-26-28-30-32-41(52)62-37(34-59-40(51)31-29-27-10-8-6-4-2)35-60-48-47(58)45(56)43(54)39(64-48)36-61-49-46(57)44(55)42(53)38(33-50)63-49/h37-39,42-50,53-58H,3-36H2,1-2H3. The van der Waals surface area contributed by atoms with Crippen LogP contribution in [0.25, 0.3) is 0 Å². The van der Waals surface area contributed by atoms with Crippen molar-refractivity contribution in [3.05, 3.63) is 0 Å². The fraction of sp³-hybridized carbons (Fsp3) is 0.959. The minimum absolute atomic E-state index is 0.173. The lowest BCUT2D eigenvalue weighted by molar-refractivity contribution is -0.332. The molecule has 0 radical (unpaired) electrons. The number of hydrogen-bond donors (Lipinski definition) is 7. The molecule has 0 aromatic heterocycles. The van der Waals surface area contributed by atoms with Crippen LogP contribution in [0.5, 0.6) is 0 Å². The molecule has 0 aromatic rings. The third-order valence-electron chi connectivity index (χ3n) is 12.6. The second-order valence-electron chi connectivity index (χ2n) is 18.4. The SMILES string of the molecule is CCCCCCCCCCCCCCCCCCCCCCCCC(=O)OC(COC(=O)CCCCCCCC)COC1OC(COC2OC(CO)C(O)C(O)C2O)C(O)C(O)C1O. The largest absolute Gasteiger partial charge is 0.462 e. The van der Waals surface area contributed by atoms with E-state index in [0.29, 0.717) is 12.8 Å². The van der Waals surface area contributed by atoms with Crippen LogP contribution in [-0.2, 0) is 38.0 Å². The molecule has 2 aliphatic heterocycles. The number of ether oxygens (including phenoxy) is 6. The molecule has 11 unspecified atom stereocenters. The monoisotopic (exact) mass is 921 g/mol. The molecule has 15 heteroatoms. The summed E-state index contributed by atoms with van der Waals surface area (Å²) in [6, 6.07) is 0. The maximum absolute atomic E-state index is 12.9. The van der Waals surface area contributed by atoms with E-state index in [1.54, 1.807) is 0 Å². The summed E-state index contributed by atoms with van der Waals surface area (Å²) in [6.45, 7) is 2.54. The van der Waals surface area contributed by atoms with Gasteiger partial charge in [0, 0.05) is 12.8 Å². The molecule has 7 N–H and O–H groups in total. The van der Waals surface area contributed by atoms with Gasteiger partial charge < -0.3 is 64.2 Å². The van der Waals surface area contributed by atoms with Crippen molar-refractivity contribution in [2.24, 2.45) is 0 Å². The van der Waals surface area contributed by atoms with Gasteiger partial charge in [-0.2, -0.15) is 0 Å². The van der Waals surface area contributed by atoms with Crippen molar-refractivity contribution in [3.63, 3.8) is 0 Å². The maximum Gasteiger partial charge on any atom is 0.306 e. The molecule has 11 atom stereocenters. The summed E-state index contributed by atoms with van der Waals surface area (Å²) < 4.78 is 33.4. The molecule has 2 heterocycles. The highest BCUT2D eigenvalue weighted by Gasteiger charge is 2.47.